The van der Waals surface area contributed by atoms with E-state index < -0.39 is 10.0 Å². The highest BCUT2D eigenvalue weighted by Gasteiger charge is 2.24. The van der Waals surface area contributed by atoms with Gasteiger partial charge in [0.05, 0.1) is 26.2 Å². The fraction of sp³-hybridized carbons (Fsp3) is 0.381. The lowest BCUT2D eigenvalue weighted by molar-refractivity contribution is -0.119. The summed E-state index contributed by atoms with van der Waals surface area (Å²) < 4.78 is 36.1. The Labute approximate surface area is 193 Å². The molecule has 0 spiro atoms. The largest absolute Gasteiger partial charge is 0.497 e. The SMILES string of the molecule is COc1ccc(N(CC(=O)NCCCSCc2ccccc2Cl)S(C)(=O)=O)c(OC)c1. The molecule has 2 aromatic rings. The predicted molar refractivity (Wildman–Crippen MR) is 127 cm³/mol. The van der Waals surface area contributed by atoms with Gasteiger partial charge in [0.25, 0.3) is 0 Å². The lowest BCUT2D eigenvalue weighted by atomic mass is 10.2. The van der Waals surface area contributed by atoms with Crippen molar-refractivity contribution in [3.8, 4) is 11.5 Å². The maximum Gasteiger partial charge on any atom is 0.240 e. The van der Waals surface area contributed by atoms with Crippen LogP contribution in [0.1, 0.15) is 12.0 Å². The highest BCUT2D eigenvalue weighted by Crippen LogP contribution is 2.33. The van der Waals surface area contributed by atoms with Crippen molar-refractivity contribution in [2.75, 3.05) is 43.6 Å². The van der Waals surface area contributed by atoms with Crippen LogP contribution in [0.25, 0.3) is 0 Å². The van der Waals surface area contributed by atoms with Crippen molar-refractivity contribution in [3.63, 3.8) is 0 Å². The summed E-state index contributed by atoms with van der Waals surface area (Å²) in [6, 6.07) is 12.4. The number of carbonyl (C=O) groups is 1. The van der Waals surface area contributed by atoms with Crippen molar-refractivity contribution in [1.82, 2.24) is 5.32 Å². The summed E-state index contributed by atoms with van der Waals surface area (Å²) in [5.41, 5.74) is 1.35. The monoisotopic (exact) mass is 486 g/mol. The van der Waals surface area contributed by atoms with E-state index in [0.29, 0.717) is 18.0 Å². The molecular weight excluding hydrogens is 460 g/mol. The molecule has 1 amide bonds. The van der Waals surface area contributed by atoms with E-state index in [1.54, 1.807) is 30.0 Å². The van der Waals surface area contributed by atoms with Gasteiger partial charge >= 0.3 is 0 Å². The number of carbonyl (C=O) groups excluding carboxylic acids is 1. The summed E-state index contributed by atoms with van der Waals surface area (Å²) in [4.78, 5) is 12.4. The molecule has 0 saturated carbocycles. The van der Waals surface area contributed by atoms with Gasteiger partial charge in [-0.25, -0.2) is 8.42 Å². The first-order valence-corrected chi connectivity index (χ1v) is 12.9. The first kappa shape index (κ1) is 25.2. The van der Waals surface area contributed by atoms with Gasteiger partial charge in [-0.1, -0.05) is 29.8 Å². The number of methoxy groups -OCH3 is 2. The van der Waals surface area contributed by atoms with Crippen LogP contribution in [-0.4, -0.2) is 53.6 Å². The molecule has 0 aliphatic rings. The normalized spacial score (nSPS) is 11.1. The number of rotatable bonds is 12. The zero-order valence-corrected chi connectivity index (χ0v) is 20.1. The van der Waals surface area contributed by atoms with Crippen LogP contribution >= 0.6 is 23.4 Å². The molecule has 170 valence electrons. The highest BCUT2D eigenvalue weighted by atomic mass is 35.5. The van der Waals surface area contributed by atoms with Crippen molar-refractivity contribution >= 4 is 45.0 Å². The number of ether oxygens (including phenoxy) is 2. The number of hydrogen-bond donors (Lipinski definition) is 1. The van der Waals surface area contributed by atoms with Crippen molar-refractivity contribution in [1.29, 1.82) is 0 Å². The predicted octanol–water partition coefficient (Wildman–Crippen LogP) is 3.56. The Morgan fingerprint density at radius 3 is 2.55 bits per heavy atom. The topological polar surface area (TPSA) is 84.9 Å². The number of nitrogens with one attached hydrogen (secondary N) is 1. The van der Waals surface area contributed by atoms with E-state index in [-0.39, 0.29) is 18.1 Å². The van der Waals surface area contributed by atoms with E-state index in [1.807, 2.05) is 24.3 Å². The van der Waals surface area contributed by atoms with E-state index in [4.69, 9.17) is 21.1 Å². The molecular formula is C21H27ClN2O5S2. The molecule has 1 N–H and O–H groups in total. The van der Waals surface area contributed by atoms with Crippen LogP contribution in [-0.2, 0) is 20.6 Å². The summed E-state index contributed by atoms with van der Waals surface area (Å²) >= 11 is 7.87. The second kappa shape index (κ2) is 12.1. The third-order valence-electron chi connectivity index (χ3n) is 4.35. The molecule has 31 heavy (non-hydrogen) atoms. The Bertz CT molecular complexity index is 985. The average molecular weight is 487 g/mol. The first-order chi connectivity index (χ1) is 14.8. The smallest absolute Gasteiger partial charge is 0.240 e. The molecule has 0 saturated heterocycles. The zero-order chi connectivity index (χ0) is 22.9. The molecule has 0 aliphatic carbocycles. The standard InChI is InChI=1S/C21H27ClN2O5S2/c1-28-17-9-10-19(20(13-17)29-2)24(31(3,26)27)14-21(25)23-11-6-12-30-15-16-7-4-5-8-18(16)22/h4-5,7-10,13H,6,11-12,14-15H2,1-3H3,(H,23,25). The molecule has 0 fully saturated rings. The number of sulfonamides is 1. The van der Waals surface area contributed by atoms with Crippen LogP contribution in [0.4, 0.5) is 5.69 Å². The maximum absolute atomic E-state index is 12.4. The summed E-state index contributed by atoms with van der Waals surface area (Å²) in [5, 5.41) is 3.52. The zero-order valence-electron chi connectivity index (χ0n) is 17.8. The van der Waals surface area contributed by atoms with Crippen LogP contribution in [0.2, 0.25) is 5.02 Å². The Kier molecular flexibility index (Phi) is 9.80. The fourth-order valence-electron chi connectivity index (χ4n) is 2.76. The lowest BCUT2D eigenvalue weighted by Gasteiger charge is -2.24. The third-order valence-corrected chi connectivity index (χ3v) is 6.93. The Morgan fingerprint density at radius 2 is 1.90 bits per heavy atom. The molecule has 7 nitrogen and oxygen atoms in total. The van der Waals surface area contributed by atoms with E-state index in [9.17, 15) is 13.2 Å². The van der Waals surface area contributed by atoms with Gasteiger partial charge in [0, 0.05) is 23.4 Å². The first-order valence-electron chi connectivity index (χ1n) is 9.54. The molecule has 0 aromatic heterocycles. The molecule has 0 atom stereocenters. The van der Waals surface area contributed by atoms with Gasteiger partial charge in [-0.15, -0.1) is 0 Å². The average Bonchev–Trinajstić information content (AvgIpc) is 2.74. The Morgan fingerprint density at radius 1 is 1.16 bits per heavy atom. The minimum atomic E-state index is -3.70. The molecule has 0 unspecified atom stereocenters. The number of amides is 1. The van der Waals surface area contributed by atoms with E-state index in [0.717, 1.165) is 39.1 Å². The van der Waals surface area contributed by atoms with Gasteiger partial charge in [-0.2, -0.15) is 11.8 Å². The summed E-state index contributed by atoms with van der Waals surface area (Å²) in [6.45, 7) is 0.111. The van der Waals surface area contributed by atoms with Crippen molar-refractivity contribution < 1.29 is 22.7 Å². The van der Waals surface area contributed by atoms with Crippen LogP contribution in [0, 0.1) is 0 Å². The van der Waals surface area contributed by atoms with Gasteiger partial charge in [0.15, 0.2) is 0 Å². The molecule has 10 heteroatoms. The van der Waals surface area contributed by atoms with E-state index in [1.165, 1.54) is 14.2 Å². The number of benzene rings is 2. The number of hydrogen-bond acceptors (Lipinski definition) is 6. The van der Waals surface area contributed by atoms with Gasteiger partial charge in [0.2, 0.25) is 15.9 Å². The van der Waals surface area contributed by atoms with Crippen LogP contribution in [0.5, 0.6) is 11.5 Å². The van der Waals surface area contributed by atoms with Crippen molar-refractivity contribution in [3.05, 3.63) is 53.1 Å². The van der Waals surface area contributed by atoms with Crippen molar-refractivity contribution in [2.45, 2.75) is 12.2 Å². The Hall–Kier alpha value is -2.10. The molecule has 0 radical (unpaired) electrons. The number of thioether (sulfide) groups is 1. The number of halogens is 1. The quantitative estimate of drug-likeness (QED) is 0.462. The number of anilines is 1. The van der Waals surface area contributed by atoms with Crippen molar-refractivity contribution in [2.24, 2.45) is 0 Å². The van der Waals surface area contributed by atoms with Crippen LogP contribution < -0.4 is 19.1 Å². The Balaban J connectivity index is 1.87. The fourth-order valence-corrected chi connectivity index (χ4v) is 4.86. The molecule has 0 aliphatic heterocycles. The number of nitrogens with zero attached hydrogens (tertiary/aromatic N) is 1. The molecule has 2 aromatic carbocycles. The maximum atomic E-state index is 12.4. The molecule has 2 rings (SSSR count). The summed E-state index contributed by atoms with van der Waals surface area (Å²) in [7, 11) is -0.771. The summed E-state index contributed by atoms with van der Waals surface area (Å²) in [6.07, 6.45) is 1.81. The van der Waals surface area contributed by atoms with Gasteiger partial charge in [-0.3, -0.25) is 9.10 Å². The third kappa shape index (κ3) is 7.83. The second-order valence-electron chi connectivity index (χ2n) is 6.65. The molecule has 0 heterocycles. The van der Waals surface area contributed by atoms with Crippen LogP contribution in [0.3, 0.4) is 0 Å². The van der Waals surface area contributed by atoms with Gasteiger partial charge in [-0.05, 0) is 35.9 Å². The lowest BCUT2D eigenvalue weighted by Crippen LogP contribution is -2.40. The molecule has 0 bridgehead atoms. The van der Waals surface area contributed by atoms with Gasteiger partial charge < -0.3 is 14.8 Å². The highest BCUT2D eigenvalue weighted by molar-refractivity contribution is 7.98. The van der Waals surface area contributed by atoms with Gasteiger partial charge in [0.1, 0.15) is 18.0 Å². The minimum absolute atomic E-state index is 0.274. The van der Waals surface area contributed by atoms with E-state index >= 15 is 0 Å². The summed E-state index contributed by atoms with van der Waals surface area (Å²) in [5.74, 6) is 2.07. The van der Waals surface area contributed by atoms with Crippen LogP contribution in [0.15, 0.2) is 42.5 Å². The second-order valence-corrected chi connectivity index (χ2v) is 10.1. The van der Waals surface area contributed by atoms with E-state index in [2.05, 4.69) is 5.32 Å². The minimum Gasteiger partial charge on any atom is -0.497 e.